The molecule has 4 heteroatoms. The molecule has 1 aliphatic carbocycles. The van der Waals surface area contributed by atoms with Crippen molar-refractivity contribution in [3.05, 3.63) is 35.4 Å². The Balaban J connectivity index is 2.00. The molecule has 0 spiro atoms. The summed E-state index contributed by atoms with van der Waals surface area (Å²) in [5, 5.41) is 3.02. The maximum Gasteiger partial charge on any atom is 0.233 e. The first-order chi connectivity index (χ1) is 10.1. The SMILES string of the molecule is CCc1ccc(CNC(=O)C2(C(N)=S)CCCCC2)cc1. The molecule has 0 radical (unpaired) electrons. The number of thiocarbonyl (C=S) groups is 1. The highest BCUT2D eigenvalue weighted by Crippen LogP contribution is 2.37. The number of rotatable bonds is 5. The fourth-order valence-electron chi connectivity index (χ4n) is 2.99. The predicted molar refractivity (Wildman–Crippen MR) is 90.0 cm³/mol. The van der Waals surface area contributed by atoms with Crippen LogP contribution in [-0.4, -0.2) is 10.9 Å². The van der Waals surface area contributed by atoms with Crippen LogP contribution in [0.5, 0.6) is 0 Å². The fourth-order valence-corrected chi connectivity index (χ4v) is 3.28. The molecular weight excluding hydrogens is 280 g/mol. The predicted octanol–water partition coefficient (Wildman–Crippen LogP) is 3.10. The van der Waals surface area contributed by atoms with Gasteiger partial charge in [-0.1, -0.05) is 62.7 Å². The Morgan fingerprint density at radius 3 is 2.29 bits per heavy atom. The third kappa shape index (κ3) is 3.62. The van der Waals surface area contributed by atoms with E-state index in [9.17, 15) is 4.79 Å². The highest BCUT2D eigenvalue weighted by molar-refractivity contribution is 7.80. The molecular formula is C17H24N2OS. The average Bonchev–Trinajstić information content (AvgIpc) is 2.53. The normalized spacial score (nSPS) is 17.2. The van der Waals surface area contributed by atoms with E-state index in [1.165, 1.54) is 5.56 Å². The molecule has 0 saturated heterocycles. The Morgan fingerprint density at radius 2 is 1.76 bits per heavy atom. The van der Waals surface area contributed by atoms with Crippen molar-refractivity contribution >= 4 is 23.1 Å². The van der Waals surface area contributed by atoms with Crippen molar-refractivity contribution in [3.63, 3.8) is 0 Å². The van der Waals surface area contributed by atoms with E-state index < -0.39 is 5.41 Å². The lowest BCUT2D eigenvalue weighted by molar-refractivity contribution is -0.129. The Bertz CT molecular complexity index is 504. The summed E-state index contributed by atoms with van der Waals surface area (Å²) in [4.78, 5) is 12.9. The van der Waals surface area contributed by atoms with Crippen molar-refractivity contribution in [3.8, 4) is 0 Å². The average molecular weight is 304 g/mol. The van der Waals surface area contributed by atoms with E-state index in [4.69, 9.17) is 18.0 Å². The van der Waals surface area contributed by atoms with Gasteiger partial charge in [-0.25, -0.2) is 0 Å². The van der Waals surface area contributed by atoms with Gasteiger partial charge in [-0.15, -0.1) is 0 Å². The van der Waals surface area contributed by atoms with Crippen LogP contribution in [0.15, 0.2) is 24.3 Å². The molecule has 0 bridgehead atoms. The zero-order valence-electron chi connectivity index (χ0n) is 12.7. The quantitative estimate of drug-likeness (QED) is 0.822. The smallest absolute Gasteiger partial charge is 0.233 e. The first-order valence-electron chi connectivity index (χ1n) is 7.74. The molecule has 3 nitrogen and oxygen atoms in total. The zero-order valence-corrected chi connectivity index (χ0v) is 13.5. The fraction of sp³-hybridized carbons (Fsp3) is 0.529. The van der Waals surface area contributed by atoms with Crippen molar-refractivity contribution in [2.45, 2.75) is 52.0 Å². The molecule has 0 aromatic heterocycles. The number of benzene rings is 1. The highest BCUT2D eigenvalue weighted by Gasteiger charge is 2.42. The van der Waals surface area contributed by atoms with Gasteiger partial charge in [-0.05, 0) is 30.4 Å². The van der Waals surface area contributed by atoms with Crippen LogP contribution in [-0.2, 0) is 17.8 Å². The summed E-state index contributed by atoms with van der Waals surface area (Å²) in [6.45, 7) is 2.67. The number of hydrogen-bond donors (Lipinski definition) is 2. The van der Waals surface area contributed by atoms with Gasteiger partial charge < -0.3 is 11.1 Å². The maximum atomic E-state index is 12.6. The zero-order chi connectivity index (χ0) is 15.3. The van der Waals surface area contributed by atoms with Gasteiger partial charge in [-0.2, -0.15) is 0 Å². The molecule has 0 unspecified atom stereocenters. The minimum atomic E-state index is -0.628. The molecule has 114 valence electrons. The summed E-state index contributed by atoms with van der Waals surface area (Å²) in [5.41, 5.74) is 7.66. The van der Waals surface area contributed by atoms with E-state index in [1.54, 1.807) is 0 Å². The summed E-state index contributed by atoms with van der Waals surface area (Å²) < 4.78 is 0. The summed E-state index contributed by atoms with van der Waals surface area (Å²) in [6.07, 6.45) is 5.80. The van der Waals surface area contributed by atoms with Gasteiger partial charge in [0.1, 0.15) is 0 Å². The van der Waals surface area contributed by atoms with Crippen molar-refractivity contribution in [2.75, 3.05) is 0 Å². The van der Waals surface area contributed by atoms with E-state index >= 15 is 0 Å². The van der Waals surface area contributed by atoms with Crippen LogP contribution in [0, 0.1) is 5.41 Å². The number of nitrogens with two attached hydrogens (primary N) is 1. The first-order valence-corrected chi connectivity index (χ1v) is 8.15. The Labute approximate surface area is 132 Å². The van der Waals surface area contributed by atoms with E-state index in [0.29, 0.717) is 11.5 Å². The maximum absolute atomic E-state index is 12.6. The van der Waals surface area contributed by atoms with Crippen molar-refractivity contribution < 1.29 is 4.79 Å². The van der Waals surface area contributed by atoms with Crippen LogP contribution in [0.25, 0.3) is 0 Å². The third-order valence-electron chi connectivity index (χ3n) is 4.50. The molecule has 0 heterocycles. The van der Waals surface area contributed by atoms with E-state index in [2.05, 4.69) is 36.5 Å². The first kappa shape index (κ1) is 16.0. The highest BCUT2D eigenvalue weighted by atomic mass is 32.1. The summed E-state index contributed by atoms with van der Waals surface area (Å²) in [5.74, 6) is -0.00531. The molecule has 1 aromatic carbocycles. The number of nitrogens with one attached hydrogen (secondary N) is 1. The number of hydrogen-bond acceptors (Lipinski definition) is 2. The van der Waals surface area contributed by atoms with Gasteiger partial charge >= 0.3 is 0 Å². The van der Waals surface area contributed by atoms with Gasteiger partial charge in [0, 0.05) is 6.54 Å². The molecule has 1 aliphatic rings. The number of aryl methyl sites for hydroxylation is 1. The molecule has 1 aromatic rings. The third-order valence-corrected chi connectivity index (χ3v) is 4.89. The standard InChI is InChI=1S/C17H24N2OS/c1-2-13-6-8-14(9-7-13)12-19-16(20)17(15(18)21)10-4-3-5-11-17/h6-9H,2-5,10-12H2,1H3,(H2,18,21)(H,19,20). The second-order valence-corrected chi connectivity index (χ2v) is 6.30. The largest absolute Gasteiger partial charge is 0.392 e. The van der Waals surface area contributed by atoms with Crippen LogP contribution in [0.3, 0.4) is 0 Å². The van der Waals surface area contributed by atoms with Crippen molar-refractivity contribution in [1.29, 1.82) is 0 Å². The van der Waals surface area contributed by atoms with Crippen LogP contribution < -0.4 is 11.1 Å². The number of carbonyl (C=O) groups excluding carboxylic acids is 1. The number of carbonyl (C=O) groups is 1. The van der Waals surface area contributed by atoms with Crippen LogP contribution in [0.1, 0.15) is 50.2 Å². The molecule has 2 rings (SSSR count). The molecule has 3 N–H and O–H groups in total. The second kappa shape index (κ2) is 7.03. The van der Waals surface area contributed by atoms with E-state index in [0.717, 1.165) is 44.1 Å². The lowest BCUT2D eigenvalue weighted by Gasteiger charge is -2.34. The lowest BCUT2D eigenvalue weighted by atomic mass is 9.73. The molecule has 0 aliphatic heterocycles. The van der Waals surface area contributed by atoms with E-state index in [1.807, 2.05) is 0 Å². The lowest BCUT2D eigenvalue weighted by Crippen LogP contribution is -2.49. The van der Waals surface area contributed by atoms with Gasteiger partial charge in [-0.3, -0.25) is 4.79 Å². The molecule has 0 atom stereocenters. The summed E-state index contributed by atoms with van der Waals surface area (Å²) in [6, 6.07) is 8.33. The van der Waals surface area contributed by atoms with Crippen molar-refractivity contribution in [2.24, 2.45) is 11.1 Å². The van der Waals surface area contributed by atoms with E-state index in [-0.39, 0.29) is 5.91 Å². The summed E-state index contributed by atoms with van der Waals surface area (Å²) >= 11 is 5.18. The van der Waals surface area contributed by atoms with Crippen LogP contribution >= 0.6 is 12.2 Å². The Hall–Kier alpha value is -1.42. The molecule has 21 heavy (non-hydrogen) atoms. The van der Waals surface area contributed by atoms with Gasteiger partial charge in [0.25, 0.3) is 0 Å². The summed E-state index contributed by atoms with van der Waals surface area (Å²) in [7, 11) is 0. The topological polar surface area (TPSA) is 55.1 Å². The second-order valence-electron chi connectivity index (χ2n) is 5.86. The minimum Gasteiger partial charge on any atom is -0.392 e. The van der Waals surface area contributed by atoms with Crippen LogP contribution in [0.4, 0.5) is 0 Å². The number of amides is 1. The molecule has 1 amide bonds. The van der Waals surface area contributed by atoms with Gasteiger partial charge in [0.2, 0.25) is 5.91 Å². The Morgan fingerprint density at radius 1 is 1.19 bits per heavy atom. The van der Waals surface area contributed by atoms with Crippen LogP contribution in [0.2, 0.25) is 0 Å². The Kier molecular flexibility index (Phi) is 5.34. The molecule has 1 fully saturated rings. The minimum absolute atomic E-state index is 0.00531. The molecule has 1 saturated carbocycles. The van der Waals surface area contributed by atoms with Gasteiger partial charge in [0.05, 0.1) is 10.4 Å². The van der Waals surface area contributed by atoms with Crippen molar-refractivity contribution in [1.82, 2.24) is 5.32 Å². The monoisotopic (exact) mass is 304 g/mol. The van der Waals surface area contributed by atoms with Gasteiger partial charge in [0.15, 0.2) is 0 Å².